The van der Waals surface area contributed by atoms with E-state index in [0.29, 0.717) is 18.9 Å². The van der Waals surface area contributed by atoms with Crippen LogP contribution in [0.5, 0.6) is 11.5 Å². The van der Waals surface area contributed by atoms with Crippen molar-refractivity contribution in [2.75, 3.05) is 6.79 Å². The van der Waals surface area contributed by atoms with E-state index in [1.807, 2.05) is 6.07 Å². The molecule has 25 heavy (non-hydrogen) atoms. The van der Waals surface area contributed by atoms with E-state index in [1.165, 1.54) is 36.0 Å². The molecule has 3 aliphatic rings. The molecular weight excluding hydrogens is 310 g/mol. The summed E-state index contributed by atoms with van der Waals surface area (Å²) in [4.78, 5) is 2.70. The van der Waals surface area contributed by atoms with Crippen LogP contribution in [0.1, 0.15) is 36.8 Å². The Bertz CT molecular complexity index is 799. The largest absolute Gasteiger partial charge is 0.454 e. The Morgan fingerprint density at radius 2 is 1.84 bits per heavy atom. The first-order chi connectivity index (χ1) is 12.4. The molecule has 0 amide bonds. The summed E-state index contributed by atoms with van der Waals surface area (Å²) in [7, 11) is 0. The lowest BCUT2D eigenvalue weighted by molar-refractivity contribution is 0.0951. The van der Waals surface area contributed by atoms with Crippen LogP contribution in [-0.4, -0.2) is 23.8 Å². The smallest absolute Gasteiger partial charge is 0.231 e. The molecule has 3 nitrogen and oxygen atoms in total. The van der Waals surface area contributed by atoms with Crippen molar-refractivity contribution in [1.29, 1.82) is 0 Å². The van der Waals surface area contributed by atoms with Crippen molar-refractivity contribution in [2.45, 2.75) is 44.3 Å². The van der Waals surface area contributed by atoms with Gasteiger partial charge in [-0.2, -0.15) is 0 Å². The summed E-state index contributed by atoms with van der Waals surface area (Å²) in [6.45, 7) is 1.40. The van der Waals surface area contributed by atoms with Crippen molar-refractivity contribution in [2.24, 2.45) is 0 Å². The van der Waals surface area contributed by atoms with Crippen LogP contribution in [0.3, 0.4) is 0 Å². The third kappa shape index (κ3) is 2.83. The zero-order valence-electron chi connectivity index (χ0n) is 14.4. The molecule has 3 heteroatoms. The van der Waals surface area contributed by atoms with Gasteiger partial charge in [0.25, 0.3) is 0 Å². The van der Waals surface area contributed by atoms with Crippen molar-refractivity contribution in [1.82, 2.24) is 4.90 Å². The molecule has 3 heterocycles. The highest BCUT2D eigenvalue weighted by Gasteiger charge is 2.34. The maximum atomic E-state index is 5.56. The molecule has 0 aromatic heterocycles. The van der Waals surface area contributed by atoms with Gasteiger partial charge in [0.2, 0.25) is 6.79 Å². The number of piperidine rings is 1. The van der Waals surface area contributed by atoms with Crippen LogP contribution in [-0.2, 0) is 6.54 Å². The lowest BCUT2D eigenvalue weighted by Crippen LogP contribution is -2.47. The van der Waals surface area contributed by atoms with E-state index in [9.17, 15) is 0 Å². The molecule has 2 aromatic rings. The monoisotopic (exact) mass is 333 g/mol. The lowest BCUT2D eigenvalue weighted by atomic mass is 9.82. The Morgan fingerprint density at radius 1 is 0.960 bits per heavy atom. The van der Waals surface area contributed by atoms with Gasteiger partial charge in [-0.1, -0.05) is 48.9 Å². The van der Waals surface area contributed by atoms with Gasteiger partial charge in [0.1, 0.15) is 0 Å². The minimum Gasteiger partial charge on any atom is -0.454 e. The number of nitrogens with zero attached hydrogens (tertiary/aromatic N) is 1. The van der Waals surface area contributed by atoms with E-state index in [-0.39, 0.29) is 0 Å². The number of ether oxygens (including phenoxy) is 2. The van der Waals surface area contributed by atoms with Crippen LogP contribution >= 0.6 is 0 Å². The predicted octanol–water partition coefficient (Wildman–Crippen LogP) is 4.63. The van der Waals surface area contributed by atoms with E-state index in [4.69, 9.17) is 9.47 Å². The summed E-state index contributed by atoms with van der Waals surface area (Å²) in [6.07, 6.45) is 7.52. The minimum atomic E-state index is 0.341. The van der Waals surface area contributed by atoms with Crippen molar-refractivity contribution in [3.05, 3.63) is 65.7 Å². The molecule has 2 atom stereocenters. The number of benzene rings is 2. The molecule has 0 spiro atoms. The highest BCUT2D eigenvalue weighted by molar-refractivity contribution is 5.70. The Balaban J connectivity index is 1.42. The fourth-order valence-electron chi connectivity index (χ4n) is 4.47. The maximum absolute atomic E-state index is 5.56. The Labute approximate surface area is 148 Å². The van der Waals surface area contributed by atoms with Gasteiger partial charge in [-0.25, -0.2) is 0 Å². The normalized spacial score (nSPS) is 24.9. The van der Waals surface area contributed by atoms with Crippen LogP contribution in [0, 0.1) is 0 Å². The quantitative estimate of drug-likeness (QED) is 0.818. The molecule has 2 bridgehead atoms. The van der Waals surface area contributed by atoms with Crippen LogP contribution < -0.4 is 9.47 Å². The van der Waals surface area contributed by atoms with E-state index >= 15 is 0 Å². The zero-order chi connectivity index (χ0) is 16.6. The summed E-state index contributed by atoms with van der Waals surface area (Å²) in [5, 5.41) is 0. The molecule has 1 fully saturated rings. The first-order valence-electron chi connectivity index (χ1n) is 9.27. The second kappa shape index (κ2) is 6.23. The van der Waals surface area contributed by atoms with Crippen LogP contribution in [0.25, 0.3) is 5.57 Å². The summed E-state index contributed by atoms with van der Waals surface area (Å²) < 4.78 is 11.0. The molecule has 1 saturated heterocycles. The van der Waals surface area contributed by atoms with E-state index < -0.39 is 0 Å². The first-order valence-corrected chi connectivity index (χ1v) is 9.27. The molecule has 128 valence electrons. The average Bonchev–Trinajstić information content (AvgIpc) is 3.10. The molecule has 2 unspecified atom stereocenters. The summed E-state index contributed by atoms with van der Waals surface area (Å²) >= 11 is 0. The van der Waals surface area contributed by atoms with Crippen molar-refractivity contribution in [3.63, 3.8) is 0 Å². The molecule has 5 rings (SSSR count). The van der Waals surface area contributed by atoms with Crippen molar-refractivity contribution < 1.29 is 9.47 Å². The zero-order valence-corrected chi connectivity index (χ0v) is 14.4. The van der Waals surface area contributed by atoms with Gasteiger partial charge in [0.15, 0.2) is 11.5 Å². The van der Waals surface area contributed by atoms with E-state index in [2.05, 4.69) is 53.4 Å². The first kappa shape index (κ1) is 15.0. The van der Waals surface area contributed by atoms with Gasteiger partial charge in [0.05, 0.1) is 0 Å². The second-order valence-electron chi connectivity index (χ2n) is 7.27. The average molecular weight is 333 g/mol. The fourth-order valence-corrected chi connectivity index (χ4v) is 4.47. The highest BCUT2D eigenvalue weighted by atomic mass is 16.7. The number of hydrogen-bond acceptors (Lipinski definition) is 3. The van der Waals surface area contributed by atoms with Crippen molar-refractivity contribution >= 4 is 5.57 Å². The predicted molar refractivity (Wildman–Crippen MR) is 98.6 cm³/mol. The molecular formula is C22H23NO2. The molecule has 2 aromatic carbocycles. The van der Waals surface area contributed by atoms with E-state index in [0.717, 1.165) is 24.5 Å². The summed E-state index contributed by atoms with van der Waals surface area (Å²) in [6, 6.07) is 18.4. The Hall–Kier alpha value is -2.26. The minimum absolute atomic E-state index is 0.341. The van der Waals surface area contributed by atoms with Gasteiger partial charge < -0.3 is 9.47 Å². The van der Waals surface area contributed by atoms with Gasteiger partial charge in [0, 0.05) is 18.6 Å². The number of fused-ring (bicyclic) bond motifs is 3. The Morgan fingerprint density at radius 3 is 2.72 bits per heavy atom. The van der Waals surface area contributed by atoms with E-state index in [1.54, 1.807) is 0 Å². The van der Waals surface area contributed by atoms with Crippen LogP contribution in [0.15, 0.2) is 54.6 Å². The Kier molecular flexibility index (Phi) is 3.75. The maximum Gasteiger partial charge on any atom is 0.231 e. The van der Waals surface area contributed by atoms with Gasteiger partial charge in [-0.3, -0.25) is 4.90 Å². The third-order valence-electron chi connectivity index (χ3n) is 5.73. The van der Waals surface area contributed by atoms with Crippen molar-refractivity contribution in [3.8, 4) is 11.5 Å². The lowest BCUT2D eigenvalue weighted by Gasteiger charge is -2.45. The molecule has 3 aliphatic heterocycles. The summed E-state index contributed by atoms with van der Waals surface area (Å²) in [5.41, 5.74) is 4.18. The molecule has 0 radical (unpaired) electrons. The fraction of sp³-hybridized carbons (Fsp3) is 0.364. The SMILES string of the molecule is C1=C(c2ccc3c(c2)OCO3)CC2CCCC1N2Cc1ccccc1. The van der Waals surface area contributed by atoms with Gasteiger partial charge >= 0.3 is 0 Å². The number of hydrogen-bond donors (Lipinski definition) is 0. The standard InChI is InChI=1S/C22H23NO2/c1-2-5-16(6-3-1)14-23-19-7-4-8-20(23)12-18(11-19)17-9-10-21-22(13-17)25-15-24-21/h1-3,5-6,9-11,13,19-20H,4,7-8,12,14-15H2. The van der Waals surface area contributed by atoms with Crippen LogP contribution in [0.2, 0.25) is 0 Å². The van der Waals surface area contributed by atoms with Gasteiger partial charge in [-0.05, 0) is 48.1 Å². The molecule has 0 N–H and O–H groups in total. The van der Waals surface area contributed by atoms with Gasteiger partial charge in [-0.15, -0.1) is 0 Å². The number of rotatable bonds is 3. The van der Waals surface area contributed by atoms with Crippen LogP contribution in [0.4, 0.5) is 0 Å². The summed E-state index contributed by atoms with van der Waals surface area (Å²) in [5.74, 6) is 1.75. The topological polar surface area (TPSA) is 21.7 Å². The third-order valence-corrected chi connectivity index (χ3v) is 5.73. The highest BCUT2D eigenvalue weighted by Crippen LogP contribution is 2.40. The molecule has 0 aliphatic carbocycles. The second-order valence-corrected chi connectivity index (χ2v) is 7.27. The molecule has 0 saturated carbocycles.